The first-order chi connectivity index (χ1) is 11.2. The van der Waals surface area contributed by atoms with Crippen molar-refractivity contribution in [2.75, 3.05) is 0 Å². The lowest BCUT2D eigenvalue weighted by molar-refractivity contribution is 0.278. The topological polar surface area (TPSA) is 77.0 Å². The van der Waals surface area contributed by atoms with Gasteiger partial charge in [0.15, 0.2) is 0 Å². The average molecular weight is 383 g/mol. The molecule has 3 aromatic rings. The summed E-state index contributed by atoms with van der Waals surface area (Å²) in [6.45, 7) is 0.282. The summed E-state index contributed by atoms with van der Waals surface area (Å²) in [5.41, 5.74) is 8.48. The number of nitrogens with zero attached hydrogens (tertiary/aromatic N) is 3. The molecular formula is C16H16Cl2N4OS. The van der Waals surface area contributed by atoms with Crippen LogP contribution in [0.15, 0.2) is 59.1 Å². The molecule has 0 aliphatic rings. The molecule has 24 heavy (non-hydrogen) atoms. The number of hydrogen-bond acceptors (Lipinski definition) is 5. The number of pyridine rings is 1. The lowest BCUT2D eigenvalue weighted by Gasteiger charge is -2.14. The number of imidazole rings is 1. The van der Waals surface area contributed by atoms with Crippen LogP contribution in [0, 0.1) is 0 Å². The predicted molar refractivity (Wildman–Crippen MR) is 98.0 cm³/mol. The Kier molecular flexibility index (Phi) is 6.65. The van der Waals surface area contributed by atoms with Crippen LogP contribution in [0.4, 0.5) is 0 Å². The summed E-state index contributed by atoms with van der Waals surface area (Å²) in [6.07, 6.45) is 6.96. The van der Waals surface area contributed by atoms with Gasteiger partial charge in [-0.15, -0.1) is 12.4 Å². The minimum Gasteiger partial charge on any atom is -0.392 e. The summed E-state index contributed by atoms with van der Waals surface area (Å²) in [7, 11) is 0. The molecule has 3 N–H and O–H groups in total. The third-order valence-electron chi connectivity index (χ3n) is 3.35. The second-order valence-electron chi connectivity index (χ2n) is 4.82. The van der Waals surface area contributed by atoms with E-state index in [1.807, 2.05) is 29.0 Å². The van der Waals surface area contributed by atoms with Gasteiger partial charge in [0.05, 0.1) is 18.0 Å². The van der Waals surface area contributed by atoms with Crippen LogP contribution in [0.5, 0.6) is 0 Å². The van der Waals surface area contributed by atoms with Crippen LogP contribution in [-0.2, 0) is 13.2 Å². The molecule has 2 heterocycles. The number of rotatable bonds is 5. The van der Waals surface area contributed by atoms with Crippen molar-refractivity contribution < 1.29 is 5.11 Å². The van der Waals surface area contributed by atoms with Crippen LogP contribution < -0.4 is 5.73 Å². The first-order valence-corrected chi connectivity index (χ1v) is 8.15. The number of nitrogens with two attached hydrogens (primary N) is 1. The molecule has 5 nitrogen and oxygen atoms in total. The summed E-state index contributed by atoms with van der Waals surface area (Å²) < 4.78 is 1.87. The van der Waals surface area contributed by atoms with Crippen molar-refractivity contribution in [3.63, 3.8) is 0 Å². The summed E-state index contributed by atoms with van der Waals surface area (Å²) in [4.78, 5) is 9.22. The Morgan fingerprint density at radius 2 is 2.08 bits per heavy atom. The Labute approximate surface area is 155 Å². The van der Waals surface area contributed by atoms with Crippen molar-refractivity contribution in [2.24, 2.45) is 5.73 Å². The Balaban J connectivity index is 0.00000208. The molecule has 0 atom stereocenters. The molecule has 1 aromatic carbocycles. The average Bonchev–Trinajstić information content (AvgIpc) is 3.11. The zero-order valence-corrected chi connectivity index (χ0v) is 15.0. The summed E-state index contributed by atoms with van der Waals surface area (Å²) in [5.74, 6) is 0. The molecule has 0 aliphatic carbocycles. The SMILES string of the molecule is Cl.NCc1cc(-n2ccnc2)cc(Cl)c1Sc1ncccc1CO. The largest absolute Gasteiger partial charge is 0.392 e. The Morgan fingerprint density at radius 3 is 2.75 bits per heavy atom. The van der Waals surface area contributed by atoms with E-state index in [-0.39, 0.29) is 19.0 Å². The molecule has 0 unspecified atom stereocenters. The van der Waals surface area contributed by atoms with Crippen LogP contribution in [0.1, 0.15) is 11.1 Å². The Morgan fingerprint density at radius 1 is 1.25 bits per heavy atom. The smallest absolute Gasteiger partial charge is 0.106 e. The molecule has 3 rings (SSSR count). The van der Waals surface area contributed by atoms with Crippen molar-refractivity contribution in [1.82, 2.24) is 14.5 Å². The maximum absolute atomic E-state index is 9.44. The maximum Gasteiger partial charge on any atom is 0.106 e. The maximum atomic E-state index is 9.44. The fourth-order valence-electron chi connectivity index (χ4n) is 2.19. The number of aromatic nitrogens is 3. The molecule has 8 heteroatoms. The highest BCUT2D eigenvalue weighted by molar-refractivity contribution is 7.99. The molecule has 0 amide bonds. The fourth-order valence-corrected chi connectivity index (χ4v) is 3.54. The molecule has 0 saturated carbocycles. The molecule has 2 aromatic heterocycles. The van der Waals surface area contributed by atoms with Crippen LogP contribution in [0.3, 0.4) is 0 Å². The number of aliphatic hydroxyl groups excluding tert-OH is 1. The highest BCUT2D eigenvalue weighted by Gasteiger charge is 2.14. The van der Waals surface area contributed by atoms with Crippen LogP contribution in [0.2, 0.25) is 5.02 Å². The lowest BCUT2D eigenvalue weighted by atomic mass is 10.2. The van der Waals surface area contributed by atoms with E-state index in [4.69, 9.17) is 17.3 Å². The fraction of sp³-hybridized carbons (Fsp3) is 0.125. The molecule has 0 radical (unpaired) electrons. The van der Waals surface area contributed by atoms with E-state index in [1.54, 1.807) is 24.8 Å². The third kappa shape index (κ3) is 3.91. The zero-order valence-electron chi connectivity index (χ0n) is 12.6. The first kappa shape index (κ1) is 18.8. The molecule has 0 saturated heterocycles. The first-order valence-electron chi connectivity index (χ1n) is 6.96. The molecular weight excluding hydrogens is 367 g/mol. The summed E-state index contributed by atoms with van der Waals surface area (Å²) >= 11 is 7.89. The van der Waals surface area contributed by atoms with Crippen molar-refractivity contribution in [1.29, 1.82) is 0 Å². The minimum atomic E-state index is -0.0706. The lowest BCUT2D eigenvalue weighted by Crippen LogP contribution is -2.02. The van der Waals surface area contributed by atoms with Gasteiger partial charge in [0.2, 0.25) is 0 Å². The van der Waals surface area contributed by atoms with Gasteiger partial charge in [-0.25, -0.2) is 9.97 Å². The van der Waals surface area contributed by atoms with Crippen molar-refractivity contribution in [2.45, 2.75) is 23.1 Å². The molecule has 0 fully saturated rings. The normalized spacial score (nSPS) is 10.5. The number of hydrogen-bond donors (Lipinski definition) is 2. The molecule has 0 spiro atoms. The molecule has 0 bridgehead atoms. The molecule has 0 aliphatic heterocycles. The van der Waals surface area contributed by atoms with Gasteiger partial charge in [0.25, 0.3) is 0 Å². The monoisotopic (exact) mass is 382 g/mol. The number of aliphatic hydroxyl groups is 1. The third-order valence-corrected chi connectivity index (χ3v) is 5.00. The van der Waals surface area contributed by atoms with Crippen LogP contribution in [-0.4, -0.2) is 19.6 Å². The quantitative estimate of drug-likeness (QED) is 0.706. The van der Waals surface area contributed by atoms with E-state index in [2.05, 4.69) is 9.97 Å². The van der Waals surface area contributed by atoms with E-state index in [0.29, 0.717) is 11.6 Å². The summed E-state index contributed by atoms with van der Waals surface area (Å²) in [5, 5.41) is 10.8. The van der Waals surface area contributed by atoms with Gasteiger partial charge in [-0.05, 0) is 23.8 Å². The van der Waals surface area contributed by atoms with E-state index in [9.17, 15) is 5.11 Å². The van der Waals surface area contributed by atoms with Gasteiger partial charge < -0.3 is 15.4 Å². The zero-order chi connectivity index (χ0) is 16.2. The van der Waals surface area contributed by atoms with E-state index in [1.165, 1.54) is 11.8 Å². The highest BCUT2D eigenvalue weighted by Crippen LogP contribution is 2.38. The van der Waals surface area contributed by atoms with Crippen molar-refractivity contribution in [3.8, 4) is 5.69 Å². The van der Waals surface area contributed by atoms with Crippen LogP contribution >= 0.6 is 35.8 Å². The Bertz CT molecular complexity index is 812. The van der Waals surface area contributed by atoms with E-state index < -0.39 is 0 Å². The molecule has 126 valence electrons. The van der Waals surface area contributed by atoms with Crippen LogP contribution in [0.25, 0.3) is 5.69 Å². The van der Waals surface area contributed by atoms with E-state index in [0.717, 1.165) is 26.7 Å². The summed E-state index contributed by atoms with van der Waals surface area (Å²) in [6, 6.07) is 7.48. The van der Waals surface area contributed by atoms with Crippen molar-refractivity contribution >= 4 is 35.8 Å². The van der Waals surface area contributed by atoms with Gasteiger partial charge in [0, 0.05) is 41.3 Å². The second-order valence-corrected chi connectivity index (χ2v) is 6.22. The number of benzene rings is 1. The number of halogens is 2. The van der Waals surface area contributed by atoms with Gasteiger partial charge in [0.1, 0.15) is 5.03 Å². The Hall–Kier alpha value is -1.57. The van der Waals surface area contributed by atoms with Gasteiger partial charge in [-0.3, -0.25) is 0 Å². The predicted octanol–water partition coefficient (Wildman–Crippen LogP) is 3.44. The van der Waals surface area contributed by atoms with Crippen molar-refractivity contribution in [3.05, 3.63) is 65.3 Å². The van der Waals surface area contributed by atoms with Gasteiger partial charge in [-0.1, -0.05) is 29.4 Å². The van der Waals surface area contributed by atoms with Gasteiger partial charge >= 0.3 is 0 Å². The van der Waals surface area contributed by atoms with E-state index >= 15 is 0 Å². The second kappa shape index (κ2) is 8.50. The standard InChI is InChI=1S/C16H15ClN4OS.ClH/c17-14-7-13(21-5-4-19-10-21)6-12(8-18)15(14)23-16-11(9-22)2-1-3-20-16;/h1-7,10,22H,8-9,18H2;1H. The minimum absolute atomic E-state index is 0. The highest BCUT2D eigenvalue weighted by atomic mass is 35.5. The van der Waals surface area contributed by atoms with Gasteiger partial charge in [-0.2, -0.15) is 0 Å².